The number of aryl methyl sites for hydroxylation is 1. The van der Waals surface area contributed by atoms with Crippen molar-refractivity contribution in [2.45, 2.75) is 32.4 Å². The molecule has 8 nitrogen and oxygen atoms in total. The number of rotatable bonds is 8. The van der Waals surface area contributed by atoms with Gasteiger partial charge in [-0.2, -0.15) is 0 Å². The predicted molar refractivity (Wildman–Crippen MR) is 170 cm³/mol. The van der Waals surface area contributed by atoms with Gasteiger partial charge in [-0.3, -0.25) is 9.78 Å². The molecule has 2 aliphatic rings. The monoisotopic (exact) mass is 598 g/mol. The van der Waals surface area contributed by atoms with E-state index in [1.807, 2.05) is 18.2 Å². The summed E-state index contributed by atoms with van der Waals surface area (Å²) < 4.78 is 21.1. The Balaban J connectivity index is 1.28. The van der Waals surface area contributed by atoms with Crippen molar-refractivity contribution in [1.29, 1.82) is 0 Å². The van der Waals surface area contributed by atoms with E-state index < -0.39 is 0 Å². The van der Waals surface area contributed by atoms with E-state index in [2.05, 4.69) is 74.2 Å². The van der Waals surface area contributed by atoms with Crippen LogP contribution in [-0.4, -0.2) is 58.3 Å². The maximum absolute atomic E-state index is 13.3. The Bertz CT molecular complexity index is 1590. The molecular weight excluding hydrogens is 563 g/mol. The van der Waals surface area contributed by atoms with E-state index in [-0.39, 0.29) is 30.2 Å². The third kappa shape index (κ3) is 6.11. The van der Waals surface area contributed by atoms with Gasteiger partial charge in [0.05, 0.1) is 31.0 Å². The number of aromatic nitrogens is 2. The zero-order valence-electron chi connectivity index (χ0n) is 24.3. The highest BCUT2D eigenvalue weighted by molar-refractivity contribution is 7.80. The lowest BCUT2D eigenvalue weighted by Gasteiger charge is -2.29. The van der Waals surface area contributed by atoms with Crippen molar-refractivity contribution in [3.05, 3.63) is 107 Å². The highest BCUT2D eigenvalue weighted by Gasteiger charge is 2.41. The van der Waals surface area contributed by atoms with Crippen LogP contribution in [0.2, 0.25) is 0 Å². The number of thiocarbonyl (C=S) groups is 1. The van der Waals surface area contributed by atoms with Crippen LogP contribution in [-0.2, 0) is 9.53 Å². The molecule has 222 valence electrons. The molecule has 4 heterocycles. The normalized spacial score (nSPS) is 18.5. The van der Waals surface area contributed by atoms with E-state index in [0.717, 1.165) is 54.6 Å². The molecule has 0 spiro atoms. The number of pyridine rings is 1. The lowest BCUT2D eigenvalue weighted by Crippen LogP contribution is -2.36. The molecule has 0 saturated carbocycles. The van der Waals surface area contributed by atoms with Crippen molar-refractivity contribution in [2.75, 3.05) is 43.1 Å². The van der Waals surface area contributed by atoms with Gasteiger partial charge in [-0.15, -0.1) is 0 Å². The number of benzene rings is 2. The lowest BCUT2D eigenvalue weighted by atomic mass is 9.96. The van der Waals surface area contributed by atoms with Gasteiger partial charge < -0.3 is 29.7 Å². The Morgan fingerprint density at radius 2 is 1.77 bits per heavy atom. The summed E-state index contributed by atoms with van der Waals surface area (Å²) in [5, 5.41) is 6.92. The van der Waals surface area contributed by atoms with Crippen molar-refractivity contribution in [2.24, 2.45) is 0 Å². The van der Waals surface area contributed by atoms with E-state index in [1.54, 1.807) is 18.3 Å². The molecular formula is C33H35FN6O2S. The van der Waals surface area contributed by atoms with Crippen LogP contribution in [0.5, 0.6) is 0 Å². The summed E-state index contributed by atoms with van der Waals surface area (Å²) in [6, 6.07) is 22.2. The Kier molecular flexibility index (Phi) is 8.40. The van der Waals surface area contributed by atoms with E-state index in [0.29, 0.717) is 17.3 Å². The third-order valence-electron chi connectivity index (χ3n) is 8.18. The van der Waals surface area contributed by atoms with Gasteiger partial charge >= 0.3 is 0 Å². The quantitative estimate of drug-likeness (QED) is 0.261. The molecule has 43 heavy (non-hydrogen) atoms. The number of amides is 1. The smallest absolute Gasteiger partial charge is 0.226 e. The summed E-state index contributed by atoms with van der Waals surface area (Å²) in [5.41, 5.74) is 7.06. The molecule has 0 aliphatic carbocycles. The maximum atomic E-state index is 13.3. The average molecular weight is 599 g/mol. The molecule has 4 aromatic rings. The summed E-state index contributed by atoms with van der Waals surface area (Å²) in [4.78, 5) is 22.0. The molecule has 6 rings (SSSR count). The first-order valence-corrected chi connectivity index (χ1v) is 15.0. The minimum Gasteiger partial charge on any atom is -0.378 e. The summed E-state index contributed by atoms with van der Waals surface area (Å²) in [6.07, 6.45) is 2.00. The van der Waals surface area contributed by atoms with Crippen molar-refractivity contribution in [3.63, 3.8) is 0 Å². The molecule has 0 bridgehead atoms. The Morgan fingerprint density at radius 3 is 2.47 bits per heavy atom. The topological polar surface area (TPSA) is 74.7 Å². The van der Waals surface area contributed by atoms with Crippen LogP contribution in [0.15, 0.2) is 79.0 Å². The number of hydrogen-bond donors (Lipinski definition) is 2. The number of hydrogen-bond acceptors (Lipinski definition) is 5. The SMILES string of the molecule is Cc1cc(C2C(c3ccccn3)NC(=S)N2CCC(=O)Nc2ccc(F)cc2)c(C)n1-c1ccc(N2CCOCC2)cc1. The zero-order chi connectivity index (χ0) is 29.9. The summed E-state index contributed by atoms with van der Waals surface area (Å²) in [5.74, 6) is -0.513. The van der Waals surface area contributed by atoms with Crippen molar-refractivity contribution >= 4 is 34.6 Å². The second-order valence-corrected chi connectivity index (χ2v) is 11.3. The number of ether oxygens (including phenoxy) is 1. The molecule has 2 fully saturated rings. The van der Waals surface area contributed by atoms with E-state index in [9.17, 15) is 9.18 Å². The lowest BCUT2D eigenvalue weighted by molar-refractivity contribution is -0.116. The van der Waals surface area contributed by atoms with Crippen LogP contribution >= 0.6 is 12.2 Å². The minimum atomic E-state index is -0.347. The predicted octanol–water partition coefficient (Wildman–Crippen LogP) is 5.47. The molecule has 2 saturated heterocycles. The van der Waals surface area contributed by atoms with Gasteiger partial charge in [-0.25, -0.2) is 4.39 Å². The van der Waals surface area contributed by atoms with Crippen molar-refractivity contribution in [3.8, 4) is 5.69 Å². The second kappa shape index (κ2) is 12.5. The van der Waals surface area contributed by atoms with Crippen molar-refractivity contribution in [1.82, 2.24) is 19.8 Å². The maximum Gasteiger partial charge on any atom is 0.226 e. The van der Waals surface area contributed by atoms with Crippen LogP contribution in [0.1, 0.15) is 41.1 Å². The van der Waals surface area contributed by atoms with Crippen LogP contribution in [0.3, 0.4) is 0 Å². The Morgan fingerprint density at radius 1 is 1.05 bits per heavy atom. The van der Waals surface area contributed by atoms with E-state index >= 15 is 0 Å². The van der Waals surface area contributed by atoms with E-state index in [1.165, 1.54) is 17.8 Å². The largest absolute Gasteiger partial charge is 0.378 e. The fourth-order valence-corrected chi connectivity index (χ4v) is 6.41. The van der Waals surface area contributed by atoms with Gasteiger partial charge in [-0.1, -0.05) is 6.07 Å². The summed E-state index contributed by atoms with van der Waals surface area (Å²) in [7, 11) is 0. The fraction of sp³-hybridized carbons (Fsp3) is 0.303. The van der Waals surface area contributed by atoms with Gasteiger partial charge in [0, 0.05) is 60.7 Å². The van der Waals surface area contributed by atoms with E-state index in [4.69, 9.17) is 17.0 Å². The van der Waals surface area contributed by atoms with Gasteiger partial charge in [0.25, 0.3) is 0 Å². The van der Waals surface area contributed by atoms with Gasteiger partial charge in [-0.05, 0) is 98.4 Å². The van der Waals surface area contributed by atoms with Gasteiger partial charge in [0.15, 0.2) is 5.11 Å². The van der Waals surface area contributed by atoms with Crippen LogP contribution in [0.4, 0.5) is 15.8 Å². The molecule has 2 aromatic carbocycles. The number of nitrogens with one attached hydrogen (secondary N) is 2. The number of carbonyl (C=O) groups excluding carboxylic acids is 1. The Hall–Kier alpha value is -4.28. The molecule has 2 atom stereocenters. The summed E-state index contributed by atoms with van der Waals surface area (Å²) in [6.45, 7) is 7.95. The Labute approximate surface area is 256 Å². The first-order valence-electron chi connectivity index (χ1n) is 14.5. The minimum absolute atomic E-state index is 0.166. The average Bonchev–Trinajstić information content (AvgIpc) is 3.52. The molecule has 2 N–H and O–H groups in total. The fourth-order valence-electron chi connectivity index (χ4n) is 6.08. The van der Waals surface area contributed by atoms with Crippen molar-refractivity contribution < 1.29 is 13.9 Å². The van der Waals surface area contributed by atoms with Crippen LogP contribution in [0, 0.1) is 19.7 Å². The highest BCUT2D eigenvalue weighted by atomic mass is 32.1. The first-order chi connectivity index (χ1) is 20.9. The number of anilines is 2. The number of carbonyl (C=O) groups is 1. The van der Waals surface area contributed by atoms with Gasteiger partial charge in [0.2, 0.25) is 5.91 Å². The first kappa shape index (κ1) is 28.8. The third-order valence-corrected chi connectivity index (χ3v) is 8.53. The number of nitrogens with zero attached hydrogens (tertiary/aromatic N) is 4. The standard InChI is InChI=1S/C33H35FN6O2S/c1-22-21-28(23(2)40(22)27-12-10-26(11-13-27)38-17-19-42-20-18-38)32-31(29-5-3-4-15-35-29)37-33(43)39(32)16-14-30(41)36-25-8-6-24(34)7-9-25/h3-13,15,21,31-32H,14,16-20H2,1-2H3,(H,36,41)(H,37,43). The molecule has 2 aliphatic heterocycles. The number of morpholine rings is 1. The van der Waals surface area contributed by atoms with Crippen LogP contribution in [0.25, 0.3) is 5.69 Å². The highest BCUT2D eigenvalue weighted by Crippen LogP contribution is 2.41. The second-order valence-electron chi connectivity index (χ2n) is 10.9. The van der Waals surface area contributed by atoms with Gasteiger partial charge in [0.1, 0.15) is 5.82 Å². The van der Waals surface area contributed by atoms with Crippen LogP contribution < -0.4 is 15.5 Å². The summed E-state index contributed by atoms with van der Waals surface area (Å²) >= 11 is 5.84. The molecule has 10 heteroatoms. The number of halogens is 1. The molecule has 0 radical (unpaired) electrons. The molecule has 2 unspecified atom stereocenters. The molecule has 1 amide bonds. The molecule has 2 aromatic heterocycles. The zero-order valence-corrected chi connectivity index (χ0v) is 25.1.